The number of carbonyl (C=O) groups is 1. The number of likely N-dealkylation sites (tertiary alicyclic amines) is 1. The highest BCUT2D eigenvalue weighted by atomic mass is 19.1. The van der Waals surface area contributed by atoms with Gasteiger partial charge in [0.15, 0.2) is 0 Å². The van der Waals surface area contributed by atoms with Gasteiger partial charge >= 0.3 is 0 Å². The largest absolute Gasteiger partial charge is 0.340 e. The Kier molecular flexibility index (Phi) is 5.09. The Labute approximate surface area is 119 Å². The van der Waals surface area contributed by atoms with E-state index in [1.165, 1.54) is 6.07 Å². The third-order valence-electron chi connectivity index (χ3n) is 3.90. The van der Waals surface area contributed by atoms with Crippen molar-refractivity contribution in [3.8, 4) is 0 Å². The minimum absolute atomic E-state index is 0.00797. The Balaban J connectivity index is 1.91. The smallest absolute Gasteiger partial charge is 0.236 e. The zero-order valence-electron chi connectivity index (χ0n) is 11.9. The highest BCUT2D eigenvalue weighted by Gasteiger charge is 2.26. The lowest BCUT2D eigenvalue weighted by atomic mass is 10.2. The van der Waals surface area contributed by atoms with E-state index in [1.54, 1.807) is 30.1 Å². The van der Waals surface area contributed by atoms with Crippen LogP contribution < -0.4 is 5.73 Å². The molecule has 2 rings (SSSR count). The van der Waals surface area contributed by atoms with Gasteiger partial charge in [0, 0.05) is 31.7 Å². The molecule has 1 unspecified atom stereocenters. The predicted molar refractivity (Wildman–Crippen MR) is 76.5 cm³/mol. The molecule has 1 aliphatic rings. The Morgan fingerprint density at radius 3 is 2.95 bits per heavy atom. The lowest BCUT2D eigenvalue weighted by Gasteiger charge is -2.25. The van der Waals surface area contributed by atoms with Crippen LogP contribution in [0.3, 0.4) is 0 Å². The number of amides is 1. The van der Waals surface area contributed by atoms with E-state index in [1.807, 2.05) is 0 Å². The van der Waals surface area contributed by atoms with Gasteiger partial charge in [-0.1, -0.05) is 18.2 Å². The standard InChI is InChI=1S/C15H22FN3O/c1-18(10-12-5-2-3-7-14(12)16)15(20)11-19-8-4-6-13(19)9-17/h2-3,5,7,13H,4,6,8-11,17H2,1H3. The summed E-state index contributed by atoms with van der Waals surface area (Å²) in [4.78, 5) is 15.9. The van der Waals surface area contributed by atoms with E-state index in [2.05, 4.69) is 4.90 Å². The first kappa shape index (κ1) is 14.9. The molecule has 110 valence electrons. The normalized spacial score (nSPS) is 19.2. The van der Waals surface area contributed by atoms with E-state index in [-0.39, 0.29) is 11.7 Å². The molecule has 1 aromatic rings. The van der Waals surface area contributed by atoms with Gasteiger partial charge in [-0.15, -0.1) is 0 Å². The minimum atomic E-state index is -0.270. The molecule has 0 aromatic heterocycles. The molecule has 2 N–H and O–H groups in total. The molecule has 1 heterocycles. The van der Waals surface area contributed by atoms with Gasteiger partial charge in [-0.25, -0.2) is 4.39 Å². The van der Waals surface area contributed by atoms with Crippen LogP contribution in [0.15, 0.2) is 24.3 Å². The molecule has 0 spiro atoms. The van der Waals surface area contributed by atoms with E-state index in [0.717, 1.165) is 19.4 Å². The Hall–Kier alpha value is -1.46. The lowest BCUT2D eigenvalue weighted by Crippen LogP contribution is -2.43. The predicted octanol–water partition coefficient (Wildman–Crippen LogP) is 1.21. The van der Waals surface area contributed by atoms with Crippen molar-refractivity contribution in [3.63, 3.8) is 0 Å². The summed E-state index contributed by atoms with van der Waals surface area (Å²) >= 11 is 0. The van der Waals surface area contributed by atoms with Gasteiger partial charge in [0.2, 0.25) is 5.91 Å². The summed E-state index contributed by atoms with van der Waals surface area (Å²) in [6.45, 7) is 2.17. The molecular weight excluding hydrogens is 257 g/mol. The second-order valence-corrected chi connectivity index (χ2v) is 5.34. The quantitative estimate of drug-likeness (QED) is 0.881. The van der Waals surface area contributed by atoms with Gasteiger partial charge < -0.3 is 10.6 Å². The van der Waals surface area contributed by atoms with Crippen LogP contribution in [-0.4, -0.2) is 48.4 Å². The second-order valence-electron chi connectivity index (χ2n) is 5.34. The molecule has 1 fully saturated rings. The molecule has 1 aliphatic heterocycles. The van der Waals surface area contributed by atoms with Crippen LogP contribution in [0, 0.1) is 5.82 Å². The van der Waals surface area contributed by atoms with Crippen molar-refractivity contribution >= 4 is 5.91 Å². The molecular formula is C15H22FN3O. The first-order chi connectivity index (χ1) is 9.61. The highest BCUT2D eigenvalue weighted by molar-refractivity contribution is 5.78. The molecule has 0 aliphatic carbocycles. The number of hydrogen-bond acceptors (Lipinski definition) is 3. The summed E-state index contributed by atoms with van der Waals surface area (Å²) in [6, 6.07) is 6.86. The van der Waals surface area contributed by atoms with E-state index in [9.17, 15) is 9.18 Å². The monoisotopic (exact) mass is 279 g/mol. The Bertz CT molecular complexity index is 466. The molecule has 0 radical (unpaired) electrons. The topological polar surface area (TPSA) is 49.6 Å². The van der Waals surface area contributed by atoms with Gasteiger partial charge in [-0.3, -0.25) is 9.69 Å². The number of halogens is 1. The van der Waals surface area contributed by atoms with Gasteiger partial charge in [0.05, 0.1) is 6.54 Å². The van der Waals surface area contributed by atoms with Gasteiger partial charge in [0.25, 0.3) is 0 Å². The Morgan fingerprint density at radius 1 is 1.50 bits per heavy atom. The first-order valence-corrected chi connectivity index (χ1v) is 7.03. The zero-order chi connectivity index (χ0) is 14.5. The molecule has 4 nitrogen and oxygen atoms in total. The zero-order valence-corrected chi connectivity index (χ0v) is 11.9. The van der Waals surface area contributed by atoms with Crippen LogP contribution in [0.2, 0.25) is 0 Å². The maximum atomic E-state index is 13.6. The summed E-state index contributed by atoms with van der Waals surface area (Å²) in [5.41, 5.74) is 6.25. The first-order valence-electron chi connectivity index (χ1n) is 7.03. The second kappa shape index (κ2) is 6.81. The number of nitrogens with zero attached hydrogens (tertiary/aromatic N) is 2. The van der Waals surface area contributed by atoms with Gasteiger partial charge in [-0.05, 0) is 25.5 Å². The molecule has 1 atom stereocenters. The van der Waals surface area contributed by atoms with E-state index < -0.39 is 0 Å². The number of likely N-dealkylation sites (N-methyl/N-ethyl adjacent to an activating group) is 1. The summed E-state index contributed by atoms with van der Waals surface area (Å²) in [5.74, 6) is -0.262. The fraction of sp³-hybridized carbons (Fsp3) is 0.533. The van der Waals surface area contributed by atoms with Crippen LogP contribution in [0.25, 0.3) is 0 Å². The van der Waals surface area contributed by atoms with Crippen molar-refractivity contribution in [3.05, 3.63) is 35.6 Å². The van der Waals surface area contributed by atoms with Crippen LogP contribution in [0.5, 0.6) is 0 Å². The van der Waals surface area contributed by atoms with Crippen molar-refractivity contribution in [1.82, 2.24) is 9.80 Å². The van der Waals surface area contributed by atoms with E-state index in [4.69, 9.17) is 5.73 Å². The molecule has 0 bridgehead atoms. The van der Waals surface area contributed by atoms with Crippen molar-refractivity contribution in [2.45, 2.75) is 25.4 Å². The van der Waals surface area contributed by atoms with Crippen molar-refractivity contribution in [2.75, 3.05) is 26.7 Å². The number of hydrogen-bond donors (Lipinski definition) is 1. The SMILES string of the molecule is CN(Cc1ccccc1F)C(=O)CN1CCCC1CN. The fourth-order valence-electron chi connectivity index (χ4n) is 2.63. The summed E-state index contributed by atoms with van der Waals surface area (Å²) in [5, 5.41) is 0. The van der Waals surface area contributed by atoms with E-state index >= 15 is 0 Å². The van der Waals surface area contributed by atoms with Crippen molar-refractivity contribution < 1.29 is 9.18 Å². The molecule has 1 aromatic carbocycles. The number of carbonyl (C=O) groups excluding carboxylic acids is 1. The third-order valence-corrected chi connectivity index (χ3v) is 3.90. The number of nitrogens with two attached hydrogens (primary N) is 1. The summed E-state index contributed by atoms with van der Waals surface area (Å²) in [6.07, 6.45) is 2.15. The van der Waals surface area contributed by atoms with Gasteiger partial charge in [-0.2, -0.15) is 0 Å². The molecule has 5 heteroatoms. The maximum Gasteiger partial charge on any atom is 0.236 e. The molecule has 1 saturated heterocycles. The molecule has 1 amide bonds. The summed E-state index contributed by atoms with van der Waals surface area (Å²) in [7, 11) is 1.71. The van der Waals surface area contributed by atoms with Crippen LogP contribution >= 0.6 is 0 Å². The molecule has 0 saturated carbocycles. The van der Waals surface area contributed by atoms with Crippen LogP contribution in [-0.2, 0) is 11.3 Å². The van der Waals surface area contributed by atoms with Crippen LogP contribution in [0.4, 0.5) is 4.39 Å². The number of benzene rings is 1. The average molecular weight is 279 g/mol. The van der Waals surface area contributed by atoms with Crippen LogP contribution in [0.1, 0.15) is 18.4 Å². The van der Waals surface area contributed by atoms with Gasteiger partial charge in [0.1, 0.15) is 5.82 Å². The van der Waals surface area contributed by atoms with Crippen molar-refractivity contribution in [2.24, 2.45) is 5.73 Å². The lowest BCUT2D eigenvalue weighted by molar-refractivity contribution is -0.131. The van der Waals surface area contributed by atoms with E-state index in [0.29, 0.717) is 31.2 Å². The third kappa shape index (κ3) is 3.55. The Morgan fingerprint density at radius 2 is 2.25 bits per heavy atom. The maximum absolute atomic E-state index is 13.6. The molecule has 20 heavy (non-hydrogen) atoms. The highest BCUT2D eigenvalue weighted by Crippen LogP contribution is 2.16. The minimum Gasteiger partial charge on any atom is -0.340 e. The van der Waals surface area contributed by atoms with Crippen molar-refractivity contribution in [1.29, 1.82) is 0 Å². The summed E-state index contributed by atoms with van der Waals surface area (Å²) < 4.78 is 13.6. The number of rotatable bonds is 5. The fourth-order valence-corrected chi connectivity index (χ4v) is 2.63. The average Bonchev–Trinajstić information content (AvgIpc) is 2.88.